The first kappa shape index (κ1) is 18.4. The molecule has 4 nitrogen and oxygen atoms in total. The van der Waals surface area contributed by atoms with E-state index in [0.29, 0.717) is 24.0 Å². The van der Waals surface area contributed by atoms with Gasteiger partial charge < -0.3 is 15.4 Å². The number of aliphatic imine (C=N–C) groups is 1. The van der Waals surface area contributed by atoms with Crippen molar-refractivity contribution in [2.75, 3.05) is 20.2 Å². The van der Waals surface area contributed by atoms with Crippen molar-refractivity contribution in [3.05, 3.63) is 71.5 Å². The average molecular weight is 355 g/mol. The van der Waals surface area contributed by atoms with Crippen molar-refractivity contribution < 1.29 is 9.13 Å². The van der Waals surface area contributed by atoms with Crippen LogP contribution in [0, 0.1) is 11.7 Å². The Labute approximate surface area is 154 Å². The predicted molar refractivity (Wildman–Crippen MR) is 102 cm³/mol. The summed E-state index contributed by atoms with van der Waals surface area (Å²) in [5.41, 5.74) is 1.84. The van der Waals surface area contributed by atoms with Crippen LogP contribution in [0.3, 0.4) is 0 Å². The SMILES string of the molecule is CN=C(NCc1ccccc1F)NCC1CCCOC1c1ccccc1. The summed E-state index contributed by atoms with van der Waals surface area (Å²) in [7, 11) is 1.72. The first-order valence-corrected chi connectivity index (χ1v) is 9.12. The molecule has 0 radical (unpaired) electrons. The van der Waals surface area contributed by atoms with E-state index >= 15 is 0 Å². The zero-order valence-electron chi connectivity index (χ0n) is 15.1. The van der Waals surface area contributed by atoms with Gasteiger partial charge >= 0.3 is 0 Å². The molecule has 3 rings (SSSR count). The van der Waals surface area contributed by atoms with Crippen molar-refractivity contribution in [2.24, 2.45) is 10.9 Å². The normalized spacial score (nSPS) is 20.6. The maximum Gasteiger partial charge on any atom is 0.191 e. The molecule has 2 atom stereocenters. The van der Waals surface area contributed by atoms with E-state index in [9.17, 15) is 4.39 Å². The Hall–Kier alpha value is -2.40. The molecule has 1 aliphatic rings. The molecule has 2 aromatic rings. The molecule has 0 saturated carbocycles. The minimum absolute atomic E-state index is 0.0992. The number of ether oxygens (including phenoxy) is 1. The maximum atomic E-state index is 13.7. The topological polar surface area (TPSA) is 45.7 Å². The lowest BCUT2D eigenvalue weighted by molar-refractivity contribution is -0.0265. The molecule has 26 heavy (non-hydrogen) atoms. The van der Waals surface area contributed by atoms with E-state index < -0.39 is 0 Å². The summed E-state index contributed by atoms with van der Waals surface area (Å²) in [6, 6.07) is 17.1. The molecule has 1 fully saturated rings. The van der Waals surface area contributed by atoms with Gasteiger partial charge in [-0.2, -0.15) is 0 Å². The molecule has 5 heteroatoms. The van der Waals surface area contributed by atoms with Crippen LogP contribution in [0.2, 0.25) is 0 Å². The van der Waals surface area contributed by atoms with Crippen LogP contribution in [0.1, 0.15) is 30.1 Å². The van der Waals surface area contributed by atoms with Crippen LogP contribution in [0.5, 0.6) is 0 Å². The van der Waals surface area contributed by atoms with Gasteiger partial charge in [0.2, 0.25) is 0 Å². The van der Waals surface area contributed by atoms with Crippen molar-refractivity contribution >= 4 is 5.96 Å². The van der Waals surface area contributed by atoms with Crippen LogP contribution in [-0.2, 0) is 11.3 Å². The Morgan fingerprint density at radius 3 is 2.65 bits per heavy atom. The van der Waals surface area contributed by atoms with Gasteiger partial charge in [-0.05, 0) is 24.5 Å². The van der Waals surface area contributed by atoms with Gasteiger partial charge in [-0.15, -0.1) is 0 Å². The molecule has 0 amide bonds. The highest BCUT2D eigenvalue weighted by Gasteiger charge is 2.27. The summed E-state index contributed by atoms with van der Waals surface area (Å²) in [4.78, 5) is 4.25. The summed E-state index contributed by atoms with van der Waals surface area (Å²) in [6.07, 6.45) is 2.27. The fraction of sp³-hybridized carbons (Fsp3) is 0.381. The monoisotopic (exact) mass is 355 g/mol. The number of guanidine groups is 1. The average Bonchev–Trinajstić information content (AvgIpc) is 2.70. The van der Waals surface area contributed by atoms with Gasteiger partial charge in [-0.3, -0.25) is 4.99 Å². The first-order valence-electron chi connectivity index (χ1n) is 9.12. The van der Waals surface area contributed by atoms with Crippen molar-refractivity contribution in [1.82, 2.24) is 10.6 Å². The molecule has 2 unspecified atom stereocenters. The van der Waals surface area contributed by atoms with Gasteiger partial charge in [0.25, 0.3) is 0 Å². The van der Waals surface area contributed by atoms with E-state index in [1.807, 2.05) is 24.3 Å². The smallest absolute Gasteiger partial charge is 0.191 e. The molecule has 0 bridgehead atoms. The number of hydrogen-bond acceptors (Lipinski definition) is 2. The minimum atomic E-state index is -0.208. The van der Waals surface area contributed by atoms with Gasteiger partial charge in [0.1, 0.15) is 5.82 Å². The second-order valence-corrected chi connectivity index (χ2v) is 6.50. The number of hydrogen-bond donors (Lipinski definition) is 2. The third-order valence-electron chi connectivity index (χ3n) is 4.73. The highest BCUT2D eigenvalue weighted by molar-refractivity contribution is 5.79. The van der Waals surface area contributed by atoms with Crippen LogP contribution in [0.15, 0.2) is 59.6 Å². The number of benzene rings is 2. The van der Waals surface area contributed by atoms with E-state index in [1.54, 1.807) is 19.2 Å². The molecule has 1 aliphatic heterocycles. The van der Waals surface area contributed by atoms with E-state index in [4.69, 9.17) is 4.74 Å². The van der Waals surface area contributed by atoms with Gasteiger partial charge in [-0.25, -0.2) is 4.39 Å². The molecular weight excluding hydrogens is 329 g/mol. The molecule has 0 aromatic heterocycles. The molecule has 0 aliphatic carbocycles. The Balaban J connectivity index is 1.56. The van der Waals surface area contributed by atoms with Crippen LogP contribution >= 0.6 is 0 Å². The zero-order chi connectivity index (χ0) is 18.2. The summed E-state index contributed by atoms with van der Waals surface area (Å²) in [6.45, 7) is 1.96. The quantitative estimate of drug-likeness (QED) is 0.636. The fourth-order valence-electron chi connectivity index (χ4n) is 3.33. The number of nitrogens with zero attached hydrogens (tertiary/aromatic N) is 1. The molecule has 138 valence electrons. The van der Waals surface area contributed by atoms with E-state index in [-0.39, 0.29) is 11.9 Å². The fourth-order valence-corrected chi connectivity index (χ4v) is 3.33. The van der Waals surface area contributed by atoms with Gasteiger partial charge in [0.15, 0.2) is 5.96 Å². The van der Waals surface area contributed by atoms with Crippen LogP contribution in [0.25, 0.3) is 0 Å². The summed E-state index contributed by atoms with van der Waals surface area (Å²) < 4.78 is 19.8. The van der Waals surface area contributed by atoms with E-state index in [0.717, 1.165) is 26.0 Å². The highest BCUT2D eigenvalue weighted by atomic mass is 19.1. The van der Waals surface area contributed by atoms with Gasteiger partial charge in [0, 0.05) is 38.2 Å². The Morgan fingerprint density at radius 2 is 1.88 bits per heavy atom. The highest BCUT2D eigenvalue weighted by Crippen LogP contribution is 2.32. The standard InChI is InChI=1S/C21H26FN3O/c1-23-21(24-14-17-10-5-6-12-19(17)22)25-15-18-11-7-13-26-20(18)16-8-3-2-4-9-16/h2-6,8-10,12,18,20H,7,11,13-15H2,1H3,(H2,23,24,25). The van der Waals surface area contributed by atoms with Crippen molar-refractivity contribution in [3.8, 4) is 0 Å². The second kappa shape index (κ2) is 9.34. The van der Waals surface area contributed by atoms with Crippen molar-refractivity contribution in [2.45, 2.75) is 25.5 Å². The van der Waals surface area contributed by atoms with Crippen molar-refractivity contribution in [1.29, 1.82) is 0 Å². The third kappa shape index (κ3) is 4.82. The summed E-state index contributed by atoms with van der Waals surface area (Å²) in [5.74, 6) is 0.837. The van der Waals surface area contributed by atoms with Gasteiger partial charge in [0.05, 0.1) is 6.10 Å². The lowest BCUT2D eigenvalue weighted by atomic mass is 9.89. The molecule has 2 N–H and O–H groups in total. The lowest BCUT2D eigenvalue weighted by Gasteiger charge is -2.32. The number of rotatable bonds is 5. The van der Waals surface area contributed by atoms with Crippen LogP contribution < -0.4 is 10.6 Å². The molecule has 0 spiro atoms. The summed E-state index contributed by atoms with van der Waals surface area (Å²) in [5, 5.41) is 6.54. The lowest BCUT2D eigenvalue weighted by Crippen LogP contribution is -2.41. The zero-order valence-corrected chi connectivity index (χ0v) is 15.1. The molecule has 1 saturated heterocycles. The molecule has 2 aromatic carbocycles. The van der Waals surface area contributed by atoms with Crippen molar-refractivity contribution in [3.63, 3.8) is 0 Å². The number of nitrogens with one attached hydrogen (secondary N) is 2. The predicted octanol–water partition coefficient (Wildman–Crippen LogP) is 3.66. The molecule has 1 heterocycles. The van der Waals surface area contributed by atoms with E-state index in [2.05, 4.69) is 27.8 Å². The molecular formula is C21H26FN3O. The Kier molecular flexibility index (Phi) is 6.61. The van der Waals surface area contributed by atoms with E-state index in [1.165, 1.54) is 11.6 Å². The largest absolute Gasteiger partial charge is 0.373 e. The second-order valence-electron chi connectivity index (χ2n) is 6.50. The van der Waals surface area contributed by atoms with Crippen LogP contribution in [-0.4, -0.2) is 26.2 Å². The first-order chi connectivity index (χ1) is 12.8. The Morgan fingerprint density at radius 1 is 1.12 bits per heavy atom. The summed E-state index contributed by atoms with van der Waals surface area (Å²) >= 11 is 0. The Bertz CT molecular complexity index is 720. The third-order valence-corrected chi connectivity index (χ3v) is 4.73. The number of halogens is 1. The van der Waals surface area contributed by atoms with Gasteiger partial charge in [-0.1, -0.05) is 48.5 Å². The minimum Gasteiger partial charge on any atom is -0.373 e. The van der Waals surface area contributed by atoms with Crippen LogP contribution in [0.4, 0.5) is 4.39 Å². The maximum absolute atomic E-state index is 13.7.